The van der Waals surface area contributed by atoms with E-state index in [1.165, 1.54) is 13.8 Å². The van der Waals surface area contributed by atoms with E-state index < -0.39 is 157 Å². The van der Waals surface area contributed by atoms with Gasteiger partial charge < -0.3 is 132 Å². The Hall–Kier alpha value is -9.74. The van der Waals surface area contributed by atoms with Gasteiger partial charge in [-0.1, -0.05) is 0 Å². The minimum Gasteiger partial charge on any atom is -0.480 e. The predicted octanol–water partition coefficient (Wildman–Crippen LogP) is -12.8. The predicted molar refractivity (Wildman–Crippen MR) is 337 cm³/mol. The van der Waals surface area contributed by atoms with E-state index >= 15 is 0 Å². The van der Waals surface area contributed by atoms with E-state index in [2.05, 4.69) is 90.8 Å². The van der Waals surface area contributed by atoms with Crippen LogP contribution in [0, 0.1) is 0 Å². The van der Waals surface area contributed by atoms with Crippen molar-refractivity contribution in [2.75, 3.05) is 58.1 Å². The molecule has 91 heavy (non-hydrogen) atoms. The van der Waals surface area contributed by atoms with Crippen molar-refractivity contribution in [1.82, 2.24) is 58.5 Å². The first-order valence-electron chi connectivity index (χ1n) is 28.5. The zero-order chi connectivity index (χ0) is 69.3. The van der Waals surface area contributed by atoms with Crippen LogP contribution >= 0.6 is 12.6 Å². The number of rotatable bonds is 45. The summed E-state index contributed by atoms with van der Waals surface area (Å²) in [5, 5.41) is 45.6. The molecule has 42 heteroatoms. The number of aliphatic imine (C=N–C) groups is 5. The molecule has 0 radical (unpaired) electrons. The number of carboxylic acids is 1. The maximum absolute atomic E-state index is 14.5. The molecule has 11 amide bonds. The summed E-state index contributed by atoms with van der Waals surface area (Å²) in [4.78, 5) is 178. The lowest BCUT2D eigenvalue weighted by Gasteiger charge is -2.28. The van der Waals surface area contributed by atoms with Gasteiger partial charge in [0.1, 0.15) is 54.9 Å². The average Bonchev–Trinajstić information content (AvgIpc) is 2.05. The molecular weight excluding hydrogens is 1220 g/mol. The molecule has 0 aliphatic carbocycles. The molecule has 0 aromatic carbocycles. The fourth-order valence-electron chi connectivity index (χ4n) is 7.55. The smallest absolute Gasteiger partial charge is 0.322 e. The van der Waals surface area contributed by atoms with Gasteiger partial charge in [-0.15, -0.1) is 0 Å². The van der Waals surface area contributed by atoms with Crippen LogP contribution in [0.25, 0.3) is 0 Å². The van der Waals surface area contributed by atoms with Crippen LogP contribution in [0.5, 0.6) is 0 Å². The molecule has 0 spiro atoms. The van der Waals surface area contributed by atoms with Crippen LogP contribution in [0.1, 0.15) is 85.0 Å². The van der Waals surface area contributed by atoms with Gasteiger partial charge in [0, 0.05) is 38.5 Å². The highest BCUT2D eigenvalue weighted by atomic mass is 32.1. The van der Waals surface area contributed by atoms with E-state index in [9.17, 15) is 62.6 Å². The molecule has 0 unspecified atom stereocenters. The summed E-state index contributed by atoms with van der Waals surface area (Å²) < 4.78 is 0. The summed E-state index contributed by atoms with van der Waals surface area (Å²) in [6.45, 7) is 1.60. The molecule has 10 atom stereocenters. The van der Waals surface area contributed by atoms with Crippen LogP contribution in [-0.4, -0.2) is 230 Å². The first kappa shape index (κ1) is 81.3. The second-order valence-corrected chi connectivity index (χ2v) is 20.6. The number of carbonyl (C=O) groups excluding carboxylic acids is 11. The third-order valence-electron chi connectivity index (χ3n) is 12.2. The molecule has 0 saturated heterocycles. The summed E-state index contributed by atoms with van der Waals surface area (Å²) >= 11 is 4.20. The molecule has 0 heterocycles. The molecule has 0 aliphatic rings. The Labute approximate surface area is 529 Å². The van der Waals surface area contributed by atoms with Crippen molar-refractivity contribution < 1.29 is 67.7 Å². The number of aliphatic hydroxyl groups is 1. The molecule has 0 bridgehead atoms. The van der Waals surface area contributed by atoms with Gasteiger partial charge >= 0.3 is 5.97 Å². The average molecular weight is 1320 g/mol. The number of hydrogen-bond donors (Lipinski definition) is 25. The molecule has 41 nitrogen and oxygen atoms in total. The Morgan fingerprint density at radius 1 is 0.374 bits per heavy atom. The minimum absolute atomic E-state index is 0.00797. The number of carbonyl (C=O) groups is 12. The third-order valence-corrected chi connectivity index (χ3v) is 12.6. The summed E-state index contributed by atoms with van der Waals surface area (Å²) in [5.74, 6) is -13.4. The van der Waals surface area contributed by atoms with Crippen LogP contribution < -0.4 is 122 Å². The topological polar surface area (TPSA) is 726 Å². The molecule has 0 rings (SSSR count). The lowest BCUT2D eigenvalue weighted by atomic mass is 10.0. The van der Waals surface area contributed by atoms with Crippen LogP contribution in [0.3, 0.4) is 0 Å². The van der Waals surface area contributed by atoms with Gasteiger partial charge in [-0.2, -0.15) is 12.6 Å². The van der Waals surface area contributed by atoms with Gasteiger partial charge in [0.25, 0.3) is 0 Å². The van der Waals surface area contributed by atoms with Crippen LogP contribution in [0.2, 0.25) is 0 Å². The van der Waals surface area contributed by atoms with E-state index in [1.807, 2.05) is 5.32 Å². The van der Waals surface area contributed by atoms with Crippen molar-refractivity contribution in [2.24, 2.45) is 88.0 Å². The number of nitrogens with two attached hydrogens (primary N) is 11. The summed E-state index contributed by atoms with van der Waals surface area (Å²) in [7, 11) is 0. The van der Waals surface area contributed by atoms with Crippen molar-refractivity contribution in [3.8, 4) is 0 Å². The Morgan fingerprint density at radius 3 is 0.923 bits per heavy atom. The third kappa shape index (κ3) is 37.7. The van der Waals surface area contributed by atoms with Crippen LogP contribution in [-0.2, 0) is 57.5 Å². The number of hydrogen-bond acceptors (Lipinski definition) is 20. The Kier molecular flexibility index (Phi) is 39.9. The van der Waals surface area contributed by atoms with Crippen molar-refractivity contribution >= 4 is 113 Å². The fraction of sp³-hybridized carbons (Fsp3) is 0.653. The molecule has 514 valence electrons. The molecule has 0 aromatic rings. The van der Waals surface area contributed by atoms with Gasteiger partial charge in [0.15, 0.2) is 29.8 Å². The van der Waals surface area contributed by atoms with Gasteiger partial charge in [-0.25, -0.2) is 0 Å². The normalized spacial score (nSPS) is 13.9. The van der Waals surface area contributed by atoms with E-state index in [4.69, 9.17) is 68.2 Å². The van der Waals surface area contributed by atoms with Gasteiger partial charge in [0.2, 0.25) is 65.0 Å². The number of aliphatic carboxylic acids is 1. The van der Waals surface area contributed by atoms with E-state index in [-0.39, 0.29) is 127 Å². The lowest BCUT2D eigenvalue weighted by molar-refractivity contribution is -0.138. The van der Waals surface area contributed by atoms with E-state index in [0.29, 0.717) is 0 Å². The summed E-state index contributed by atoms with van der Waals surface area (Å²) in [6.07, 6.45) is -2.05. The highest BCUT2D eigenvalue weighted by Crippen LogP contribution is 2.10. The summed E-state index contributed by atoms with van der Waals surface area (Å²) in [6, 6.07) is -13.1. The second-order valence-electron chi connectivity index (χ2n) is 20.2. The molecule has 0 saturated carbocycles. The summed E-state index contributed by atoms with van der Waals surface area (Å²) in [5.41, 5.74) is 60.8. The number of carboxylic acid groups (broad SMARTS) is 1. The number of aliphatic hydroxyl groups excluding tert-OH is 1. The van der Waals surface area contributed by atoms with Crippen molar-refractivity contribution in [2.45, 2.75) is 145 Å². The number of thiol groups is 1. The van der Waals surface area contributed by atoms with Gasteiger partial charge in [0.05, 0.1) is 25.2 Å². The Morgan fingerprint density at radius 2 is 0.648 bits per heavy atom. The maximum atomic E-state index is 14.5. The number of guanidine groups is 5. The molecule has 0 aliphatic heterocycles. The van der Waals surface area contributed by atoms with Crippen LogP contribution in [0.15, 0.2) is 25.0 Å². The molecule has 0 aromatic heterocycles. The van der Waals surface area contributed by atoms with Crippen LogP contribution in [0.4, 0.5) is 0 Å². The largest absolute Gasteiger partial charge is 0.480 e. The highest BCUT2D eigenvalue weighted by Gasteiger charge is 2.35. The first-order chi connectivity index (χ1) is 42.7. The second kappa shape index (κ2) is 44.7. The number of nitrogens with one attached hydrogen (secondary N) is 11. The quantitative estimate of drug-likeness (QED) is 0.0116. The molecular formula is C49H93N27O14S. The highest BCUT2D eigenvalue weighted by molar-refractivity contribution is 7.80. The SMILES string of the molecule is C[C@H](N)C(=O)N[C@@H](CCCN=C(N)N)C(=O)N[C@@H](CCCN=C(N)N)C(=O)N[C@@H](CCCN=C(N)N)C(=O)N[C@@H](CCCN=C(N)N)C(=O)N[C@@H](CCCN=C(N)N)C(=O)N[C@@H](CS)C(=O)N[C@H](C(=O)N[C@@H](C)C(=O)NCC(=O)NCC(=O)NCC(=O)O)[C@@H](C)O. The maximum Gasteiger partial charge on any atom is 0.322 e. The first-order valence-corrected chi connectivity index (χ1v) is 29.1. The van der Waals surface area contributed by atoms with Crippen molar-refractivity contribution in [3.63, 3.8) is 0 Å². The Balaban J connectivity index is 7.03. The fourth-order valence-corrected chi connectivity index (χ4v) is 7.80. The number of nitrogens with zero attached hydrogens (tertiary/aromatic N) is 5. The van der Waals surface area contributed by atoms with Crippen molar-refractivity contribution in [3.05, 3.63) is 0 Å². The minimum atomic E-state index is -1.78. The zero-order valence-corrected chi connectivity index (χ0v) is 51.9. The standard InChI is InChI=1S/C49H93N27O14S/c1-23(50)36(82)70-26(9-4-14-61-45(51)52)38(84)71-27(10-5-15-62-46(53)54)39(85)72-28(11-6-16-63-47(55)56)40(86)73-29(12-7-17-64-48(57)58)41(87)74-30(13-8-18-65-49(59)60)42(88)75-31(22-91)43(89)76-35(25(3)77)44(90)69-24(2)37(83)68-20-33(79)66-19-32(78)67-21-34(80)81/h23-31,35,77,91H,4-22,50H2,1-3H3,(H,66,79)(H,67,78)(H,68,83)(H,69,90)(H,70,82)(H,71,84)(H,72,85)(H,73,86)(H,74,87)(H,75,88)(H,76,89)(H,80,81)(H4,51,52,61)(H4,53,54,62)(H4,55,56,63)(H4,57,58,64)(H4,59,60,65)/t23-,24-,25+,26-,27-,28-,29-,30-,31-,35-/m0/s1. The van der Waals surface area contributed by atoms with Gasteiger partial charge in [-0.3, -0.25) is 82.5 Å². The zero-order valence-electron chi connectivity index (χ0n) is 51.0. The Bertz CT molecular complexity index is 2590. The molecule has 0 fully saturated rings. The van der Waals surface area contributed by atoms with E-state index in [1.54, 1.807) is 0 Å². The lowest BCUT2D eigenvalue weighted by Crippen LogP contribution is -2.61. The number of amides is 11. The van der Waals surface area contributed by atoms with E-state index in [0.717, 1.165) is 6.92 Å². The monoisotopic (exact) mass is 1320 g/mol. The van der Waals surface area contributed by atoms with Crippen molar-refractivity contribution in [1.29, 1.82) is 0 Å². The van der Waals surface area contributed by atoms with Gasteiger partial charge in [-0.05, 0) is 85.0 Å². The molecule has 35 N–H and O–H groups in total.